The Bertz CT molecular complexity index is 910. The highest BCUT2D eigenvalue weighted by molar-refractivity contribution is 6.38. The van der Waals surface area contributed by atoms with Crippen LogP contribution in [0.4, 0.5) is 5.69 Å². The maximum absolute atomic E-state index is 13.4. The Morgan fingerprint density at radius 3 is 2.59 bits per heavy atom. The second kappa shape index (κ2) is 6.87. The molecule has 0 fully saturated rings. The van der Waals surface area contributed by atoms with Crippen LogP contribution in [0.3, 0.4) is 0 Å². The average Bonchev–Trinajstić information content (AvgIpc) is 3.12. The van der Waals surface area contributed by atoms with Gasteiger partial charge in [-0.3, -0.25) is 9.80 Å². The maximum Gasteiger partial charge on any atom is 0.354 e. The third-order valence-electron chi connectivity index (χ3n) is 5.23. The molecule has 0 spiro atoms. The van der Waals surface area contributed by atoms with Crippen LogP contribution < -0.4 is 5.01 Å². The van der Waals surface area contributed by atoms with Gasteiger partial charge in [0.15, 0.2) is 0 Å². The molecule has 0 radical (unpaired) electrons. The van der Waals surface area contributed by atoms with Crippen LogP contribution in [0, 0.1) is 0 Å². The zero-order chi connectivity index (χ0) is 19.0. The number of hydrogen-bond acceptors (Lipinski definition) is 5. The lowest BCUT2D eigenvalue weighted by atomic mass is 10.0. The second-order valence-corrected chi connectivity index (χ2v) is 6.78. The zero-order valence-corrected chi connectivity index (χ0v) is 15.3. The predicted octanol–water partition coefficient (Wildman–Crippen LogP) is 2.90. The van der Waals surface area contributed by atoms with Crippen molar-refractivity contribution in [3.63, 3.8) is 0 Å². The topological polar surface area (TPSA) is 62.2 Å². The number of benzene rings is 2. The third kappa shape index (κ3) is 2.97. The molecule has 0 unspecified atom stereocenters. The van der Waals surface area contributed by atoms with E-state index in [0.717, 1.165) is 16.8 Å². The highest BCUT2D eigenvalue weighted by atomic mass is 16.5. The summed E-state index contributed by atoms with van der Waals surface area (Å²) >= 11 is 0. The highest BCUT2D eigenvalue weighted by Gasteiger charge is 2.42. The minimum absolute atomic E-state index is 0.0368. The lowest BCUT2D eigenvalue weighted by Crippen LogP contribution is -2.43. The number of para-hydroxylation sites is 1. The fourth-order valence-corrected chi connectivity index (χ4v) is 3.73. The number of ether oxygens (including phenoxy) is 1. The average molecular weight is 363 g/mol. The van der Waals surface area contributed by atoms with E-state index in [-0.39, 0.29) is 24.1 Å². The molecule has 138 valence electrons. The van der Waals surface area contributed by atoms with Gasteiger partial charge in [0.1, 0.15) is 11.8 Å². The summed E-state index contributed by atoms with van der Waals surface area (Å²) in [5.74, 6) is -0.527. The number of anilines is 1. The van der Waals surface area contributed by atoms with E-state index in [1.165, 1.54) is 7.11 Å². The first kappa shape index (κ1) is 17.3. The normalized spacial score (nSPS) is 19.7. The zero-order valence-electron chi connectivity index (χ0n) is 15.3. The minimum Gasteiger partial charge on any atom is -0.464 e. The fraction of sp³-hybridized carbons (Fsp3) is 0.286. The van der Waals surface area contributed by atoms with Crippen LogP contribution in [0.2, 0.25) is 0 Å². The molecule has 0 bridgehead atoms. The summed E-state index contributed by atoms with van der Waals surface area (Å²) in [6.07, 6.45) is 0.248. The van der Waals surface area contributed by atoms with Crippen molar-refractivity contribution >= 4 is 23.3 Å². The van der Waals surface area contributed by atoms with E-state index in [9.17, 15) is 9.59 Å². The van der Waals surface area contributed by atoms with Gasteiger partial charge < -0.3 is 9.64 Å². The monoisotopic (exact) mass is 363 g/mol. The molecule has 0 aliphatic carbocycles. The molecule has 4 rings (SSSR count). The number of fused-ring (bicyclic) bond motifs is 3. The number of carbonyl (C=O) groups is 2. The van der Waals surface area contributed by atoms with Crippen molar-refractivity contribution in [2.45, 2.75) is 32.0 Å². The number of methoxy groups -OCH3 is 1. The van der Waals surface area contributed by atoms with Crippen LogP contribution in [-0.4, -0.2) is 35.6 Å². The summed E-state index contributed by atoms with van der Waals surface area (Å²) < 4.78 is 4.82. The van der Waals surface area contributed by atoms with Crippen molar-refractivity contribution < 1.29 is 14.3 Å². The summed E-state index contributed by atoms with van der Waals surface area (Å²) in [5, 5.41) is 6.11. The molecule has 6 nitrogen and oxygen atoms in total. The first-order valence-corrected chi connectivity index (χ1v) is 8.98. The standard InChI is InChI=1S/C21H21N3O3/c1-14(15-8-4-3-5-9-15)23-13-16-10-6-7-11-18(16)24-19(20(23)25)12-17(22-24)21(26)27-2/h3-11,14,19H,12-13H2,1-2H3/t14-,19+/m0/s1. The Morgan fingerprint density at radius 1 is 1.15 bits per heavy atom. The molecule has 2 atom stereocenters. The molecule has 0 saturated carbocycles. The molecule has 6 heteroatoms. The van der Waals surface area contributed by atoms with Crippen LogP contribution in [0.5, 0.6) is 0 Å². The molecule has 1 amide bonds. The van der Waals surface area contributed by atoms with Gasteiger partial charge in [0.2, 0.25) is 5.91 Å². The van der Waals surface area contributed by atoms with E-state index in [4.69, 9.17) is 4.74 Å². The number of esters is 1. The molecule has 2 heterocycles. The predicted molar refractivity (Wildman–Crippen MR) is 102 cm³/mol. The summed E-state index contributed by atoms with van der Waals surface area (Å²) in [6.45, 7) is 2.53. The summed E-state index contributed by atoms with van der Waals surface area (Å²) in [6, 6.07) is 17.2. The summed E-state index contributed by atoms with van der Waals surface area (Å²) in [4.78, 5) is 27.3. The molecular weight excluding hydrogens is 342 g/mol. The first-order valence-electron chi connectivity index (χ1n) is 8.98. The van der Waals surface area contributed by atoms with Gasteiger partial charge in [0, 0.05) is 13.0 Å². The van der Waals surface area contributed by atoms with Crippen LogP contribution in [0.1, 0.15) is 30.5 Å². The van der Waals surface area contributed by atoms with Gasteiger partial charge in [0.25, 0.3) is 0 Å². The van der Waals surface area contributed by atoms with E-state index in [1.807, 2.05) is 66.4 Å². The lowest BCUT2D eigenvalue weighted by Gasteiger charge is -2.30. The first-order chi connectivity index (χ1) is 13.1. The molecule has 2 aliphatic rings. The molecule has 27 heavy (non-hydrogen) atoms. The third-order valence-corrected chi connectivity index (χ3v) is 5.23. The second-order valence-electron chi connectivity index (χ2n) is 6.78. The van der Waals surface area contributed by atoms with Gasteiger partial charge in [-0.25, -0.2) is 4.79 Å². The van der Waals surface area contributed by atoms with Crippen molar-refractivity contribution in [1.82, 2.24) is 4.90 Å². The van der Waals surface area contributed by atoms with E-state index >= 15 is 0 Å². The van der Waals surface area contributed by atoms with Crippen molar-refractivity contribution in [3.8, 4) is 0 Å². The number of carbonyl (C=O) groups excluding carboxylic acids is 2. The van der Waals surface area contributed by atoms with Crippen molar-refractivity contribution in [3.05, 3.63) is 65.7 Å². The Balaban J connectivity index is 1.75. The van der Waals surface area contributed by atoms with Gasteiger partial charge in [0.05, 0.1) is 18.8 Å². The summed E-state index contributed by atoms with van der Waals surface area (Å²) in [7, 11) is 1.33. The molecular formula is C21H21N3O3. The molecule has 2 aromatic rings. The Hall–Kier alpha value is -3.15. The Labute approximate surface area is 158 Å². The van der Waals surface area contributed by atoms with Crippen LogP contribution in [-0.2, 0) is 20.9 Å². The highest BCUT2D eigenvalue weighted by Crippen LogP contribution is 2.36. The van der Waals surface area contributed by atoms with Crippen molar-refractivity contribution in [2.24, 2.45) is 5.10 Å². The Kier molecular flexibility index (Phi) is 4.39. The molecule has 0 N–H and O–H groups in total. The van der Waals surface area contributed by atoms with Crippen LogP contribution >= 0.6 is 0 Å². The number of rotatable bonds is 3. The van der Waals surface area contributed by atoms with E-state index in [0.29, 0.717) is 6.54 Å². The summed E-state index contributed by atoms with van der Waals surface area (Å²) in [5.41, 5.74) is 3.22. The quantitative estimate of drug-likeness (QED) is 0.787. The minimum atomic E-state index is -0.533. The maximum atomic E-state index is 13.4. The molecule has 0 aromatic heterocycles. The largest absolute Gasteiger partial charge is 0.464 e. The van der Waals surface area contributed by atoms with E-state index < -0.39 is 12.0 Å². The molecule has 2 aromatic carbocycles. The Morgan fingerprint density at radius 2 is 1.85 bits per heavy atom. The molecule has 2 aliphatic heterocycles. The molecule has 0 saturated heterocycles. The van der Waals surface area contributed by atoms with Gasteiger partial charge >= 0.3 is 5.97 Å². The van der Waals surface area contributed by atoms with E-state index in [2.05, 4.69) is 5.10 Å². The van der Waals surface area contributed by atoms with Gasteiger partial charge in [-0.2, -0.15) is 5.10 Å². The van der Waals surface area contributed by atoms with Crippen LogP contribution in [0.25, 0.3) is 0 Å². The van der Waals surface area contributed by atoms with Gasteiger partial charge in [-0.05, 0) is 24.1 Å². The fourth-order valence-electron chi connectivity index (χ4n) is 3.73. The number of nitrogens with zero attached hydrogens (tertiary/aromatic N) is 3. The number of amides is 1. The van der Waals surface area contributed by atoms with E-state index in [1.54, 1.807) is 5.01 Å². The SMILES string of the molecule is COC(=O)C1=NN2c3ccccc3CN([C@@H](C)c3ccccc3)C(=O)[C@H]2C1. The van der Waals surface area contributed by atoms with Crippen molar-refractivity contribution in [1.29, 1.82) is 0 Å². The van der Waals surface area contributed by atoms with Crippen LogP contribution in [0.15, 0.2) is 59.7 Å². The van der Waals surface area contributed by atoms with Crippen molar-refractivity contribution in [2.75, 3.05) is 12.1 Å². The van der Waals surface area contributed by atoms with Gasteiger partial charge in [-0.1, -0.05) is 48.5 Å². The smallest absolute Gasteiger partial charge is 0.354 e. The van der Waals surface area contributed by atoms with Gasteiger partial charge in [-0.15, -0.1) is 0 Å². The number of hydrazone groups is 1. The number of hydrogen-bond donors (Lipinski definition) is 0. The lowest BCUT2D eigenvalue weighted by molar-refractivity contribution is -0.135.